The van der Waals surface area contributed by atoms with E-state index in [-0.39, 0.29) is 18.0 Å². The molecule has 0 spiro atoms. The first-order chi connectivity index (χ1) is 12.7. The first kappa shape index (κ1) is 16.5. The van der Waals surface area contributed by atoms with Crippen molar-refractivity contribution in [2.24, 2.45) is 0 Å². The van der Waals surface area contributed by atoms with Gasteiger partial charge >= 0.3 is 0 Å². The number of hydrogen-bond acceptors (Lipinski definition) is 4. The summed E-state index contributed by atoms with van der Waals surface area (Å²) in [5.41, 5.74) is 2.70. The largest absolute Gasteiger partial charge is 0.487 e. The van der Waals surface area contributed by atoms with Gasteiger partial charge in [0.15, 0.2) is 0 Å². The normalized spacial score (nSPS) is 14.3. The van der Waals surface area contributed by atoms with E-state index in [2.05, 4.69) is 4.98 Å². The van der Waals surface area contributed by atoms with Crippen LogP contribution in [0.5, 0.6) is 5.75 Å². The molecule has 1 aliphatic rings. The molecule has 26 heavy (non-hydrogen) atoms. The zero-order valence-corrected chi connectivity index (χ0v) is 14.0. The molecule has 0 saturated heterocycles. The number of benzene rings is 1. The Balaban J connectivity index is 1.57. The monoisotopic (exact) mass is 352 g/mol. The van der Waals surface area contributed by atoms with E-state index in [1.807, 2.05) is 12.1 Å². The van der Waals surface area contributed by atoms with Gasteiger partial charge in [0.05, 0.1) is 18.9 Å². The second kappa shape index (κ2) is 7.09. The fraction of sp³-hybridized carbons (Fsp3) is 0.200. The van der Waals surface area contributed by atoms with Gasteiger partial charge in [0.2, 0.25) is 0 Å². The molecular formula is C20H17FN2O3. The second-order valence-electron chi connectivity index (χ2n) is 6.03. The molecule has 0 bridgehead atoms. The Bertz CT molecular complexity index is 1040. The van der Waals surface area contributed by atoms with E-state index in [9.17, 15) is 9.18 Å². The Morgan fingerprint density at radius 2 is 2.15 bits per heavy atom. The minimum absolute atomic E-state index is 0.0890. The van der Waals surface area contributed by atoms with Crippen molar-refractivity contribution in [2.75, 3.05) is 13.2 Å². The zero-order valence-electron chi connectivity index (χ0n) is 14.0. The van der Waals surface area contributed by atoms with E-state index in [0.717, 1.165) is 17.6 Å². The van der Waals surface area contributed by atoms with Gasteiger partial charge in [0.1, 0.15) is 23.8 Å². The van der Waals surface area contributed by atoms with Gasteiger partial charge in [0, 0.05) is 18.3 Å². The van der Waals surface area contributed by atoms with Crippen molar-refractivity contribution in [3.63, 3.8) is 0 Å². The van der Waals surface area contributed by atoms with Crippen LogP contribution in [0.25, 0.3) is 11.2 Å². The van der Waals surface area contributed by atoms with Crippen LogP contribution in [0.4, 0.5) is 4.39 Å². The fourth-order valence-electron chi connectivity index (χ4n) is 2.95. The summed E-state index contributed by atoms with van der Waals surface area (Å²) in [6.07, 6.45) is 4.36. The van der Waals surface area contributed by atoms with Gasteiger partial charge in [0.25, 0.3) is 5.56 Å². The van der Waals surface area contributed by atoms with Gasteiger partial charge in [-0.2, -0.15) is 0 Å². The standard InChI is InChI=1S/C20H17FN2O3/c21-16-9-15(14-4-7-25-8-5-14)10-18(11-16)26-13-17-12-20(24)23-6-2-1-3-19(23)22-17/h1-4,6,9-12H,5,7-8,13H2. The molecule has 0 radical (unpaired) electrons. The lowest BCUT2D eigenvalue weighted by Crippen LogP contribution is -2.16. The smallest absolute Gasteiger partial charge is 0.258 e. The first-order valence-corrected chi connectivity index (χ1v) is 8.37. The van der Waals surface area contributed by atoms with Crippen LogP contribution in [0.1, 0.15) is 17.7 Å². The maximum absolute atomic E-state index is 14.0. The van der Waals surface area contributed by atoms with Crippen LogP contribution >= 0.6 is 0 Å². The molecule has 1 aromatic carbocycles. The van der Waals surface area contributed by atoms with Crippen molar-refractivity contribution in [1.82, 2.24) is 9.38 Å². The summed E-state index contributed by atoms with van der Waals surface area (Å²) in [4.78, 5) is 16.5. The molecule has 4 rings (SSSR count). The van der Waals surface area contributed by atoms with Crippen LogP contribution in [0, 0.1) is 5.82 Å². The Labute approximate surface area is 149 Å². The van der Waals surface area contributed by atoms with Gasteiger partial charge < -0.3 is 9.47 Å². The lowest BCUT2D eigenvalue weighted by atomic mass is 10.0. The third-order valence-electron chi connectivity index (χ3n) is 4.22. The van der Waals surface area contributed by atoms with Crippen molar-refractivity contribution in [3.8, 4) is 5.75 Å². The summed E-state index contributed by atoms with van der Waals surface area (Å²) in [6, 6.07) is 11.4. The minimum Gasteiger partial charge on any atom is -0.487 e. The molecule has 0 N–H and O–H groups in total. The zero-order chi connectivity index (χ0) is 17.9. The van der Waals surface area contributed by atoms with Crippen LogP contribution in [0.2, 0.25) is 0 Å². The van der Waals surface area contributed by atoms with Gasteiger partial charge in [-0.05, 0) is 41.8 Å². The molecular weight excluding hydrogens is 335 g/mol. The number of nitrogens with zero attached hydrogens (tertiary/aromatic N) is 2. The van der Waals surface area contributed by atoms with E-state index in [4.69, 9.17) is 9.47 Å². The molecule has 2 aromatic heterocycles. The molecule has 3 heterocycles. The average Bonchev–Trinajstić information content (AvgIpc) is 2.67. The molecule has 0 aliphatic carbocycles. The van der Waals surface area contributed by atoms with Crippen LogP contribution in [-0.2, 0) is 11.3 Å². The minimum atomic E-state index is -0.364. The molecule has 1 aliphatic heterocycles. The molecule has 0 saturated carbocycles. The van der Waals surface area contributed by atoms with Crippen molar-refractivity contribution in [2.45, 2.75) is 13.0 Å². The van der Waals surface area contributed by atoms with Crippen molar-refractivity contribution in [1.29, 1.82) is 0 Å². The highest BCUT2D eigenvalue weighted by atomic mass is 19.1. The number of hydrogen-bond donors (Lipinski definition) is 0. The van der Waals surface area contributed by atoms with Gasteiger partial charge in [-0.25, -0.2) is 9.37 Å². The van der Waals surface area contributed by atoms with Crippen LogP contribution in [0.15, 0.2) is 59.5 Å². The predicted octanol–water partition coefficient (Wildman–Crippen LogP) is 3.22. The van der Waals surface area contributed by atoms with E-state index >= 15 is 0 Å². The fourth-order valence-corrected chi connectivity index (χ4v) is 2.95. The second-order valence-corrected chi connectivity index (χ2v) is 6.03. The van der Waals surface area contributed by atoms with Gasteiger partial charge in [-0.1, -0.05) is 12.1 Å². The molecule has 0 unspecified atom stereocenters. The van der Waals surface area contributed by atoms with Crippen LogP contribution < -0.4 is 10.3 Å². The van der Waals surface area contributed by atoms with Crippen LogP contribution in [0.3, 0.4) is 0 Å². The summed E-state index contributed by atoms with van der Waals surface area (Å²) in [5.74, 6) is 0.0406. The molecule has 0 atom stereocenters. The third kappa shape index (κ3) is 3.50. The maximum atomic E-state index is 14.0. The summed E-state index contributed by atoms with van der Waals surface area (Å²) in [7, 11) is 0. The Hall–Kier alpha value is -2.99. The van der Waals surface area contributed by atoms with E-state index in [0.29, 0.717) is 30.3 Å². The van der Waals surface area contributed by atoms with Crippen molar-refractivity contribution < 1.29 is 13.9 Å². The Morgan fingerprint density at radius 3 is 3.00 bits per heavy atom. The van der Waals surface area contributed by atoms with Crippen molar-refractivity contribution >= 4 is 11.2 Å². The lowest BCUT2D eigenvalue weighted by molar-refractivity contribution is 0.161. The molecule has 3 aromatic rings. The number of rotatable bonds is 4. The van der Waals surface area contributed by atoms with E-state index in [1.54, 1.807) is 24.4 Å². The molecule has 132 valence electrons. The Morgan fingerprint density at radius 1 is 1.23 bits per heavy atom. The van der Waals surface area contributed by atoms with Gasteiger partial charge in [-0.15, -0.1) is 0 Å². The topological polar surface area (TPSA) is 52.8 Å². The maximum Gasteiger partial charge on any atom is 0.258 e. The molecule has 6 heteroatoms. The van der Waals surface area contributed by atoms with Crippen LogP contribution in [-0.4, -0.2) is 22.6 Å². The number of fused-ring (bicyclic) bond motifs is 1. The summed E-state index contributed by atoms with van der Waals surface area (Å²) < 4.78 is 26.4. The third-order valence-corrected chi connectivity index (χ3v) is 4.22. The highest BCUT2D eigenvalue weighted by Crippen LogP contribution is 2.26. The van der Waals surface area contributed by atoms with E-state index < -0.39 is 0 Å². The number of pyridine rings is 1. The van der Waals surface area contributed by atoms with Gasteiger partial charge in [-0.3, -0.25) is 9.20 Å². The Kier molecular flexibility index (Phi) is 4.50. The SMILES string of the molecule is O=c1cc(COc2cc(F)cc(C3=CCOCC3)c2)nc2ccccn12. The lowest BCUT2D eigenvalue weighted by Gasteiger charge is -2.15. The van der Waals surface area contributed by atoms with Crippen molar-refractivity contribution in [3.05, 3.63) is 82.2 Å². The summed E-state index contributed by atoms with van der Waals surface area (Å²) in [5, 5.41) is 0. The summed E-state index contributed by atoms with van der Waals surface area (Å²) in [6.45, 7) is 1.25. The molecule has 0 amide bonds. The molecule has 0 fully saturated rings. The average molecular weight is 352 g/mol. The molecule has 5 nitrogen and oxygen atoms in total. The number of aromatic nitrogens is 2. The predicted molar refractivity (Wildman–Crippen MR) is 95.6 cm³/mol. The highest BCUT2D eigenvalue weighted by Gasteiger charge is 2.10. The first-order valence-electron chi connectivity index (χ1n) is 8.37. The van der Waals surface area contributed by atoms with E-state index in [1.165, 1.54) is 22.6 Å². The number of halogens is 1. The quantitative estimate of drug-likeness (QED) is 0.723. The summed E-state index contributed by atoms with van der Waals surface area (Å²) >= 11 is 0. The number of ether oxygens (including phenoxy) is 2. The highest BCUT2D eigenvalue weighted by molar-refractivity contribution is 5.67.